The molecule has 1 aromatic carbocycles. The van der Waals surface area contributed by atoms with E-state index >= 15 is 0 Å². The first kappa shape index (κ1) is 20.0. The first-order valence-corrected chi connectivity index (χ1v) is 10.6. The van der Waals surface area contributed by atoms with E-state index < -0.39 is 0 Å². The summed E-state index contributed by atoms with van der Waals surface area (Å²) in [5, 5.41) is 0. The van der Waals surface area contributed by atoms with Gasteiger partial charge >= 0.3 is 0 Å². The minimum atomic E-state index is -0.271. The van der Waals surface area contributed by atoms with Gasteiger partial charge in [-0.05, 0) is 37.1 Å². The Balaban J connectivity index is 1.24. The number of benzene rings is 1. The quantitative estimate of drug-likeness (QED) is 0.772. The number of carbonyl (C=O) groups is 1. The molecule has 3 heterocycles. The third-order valence-corrected chi connectivity index (χ3v) is 5.81. The van der Waals surface area contributed by atoms with Gasteiger partial charge in [0.2, 0.25) is 11.8 Å². The van der Waals surface area contributed by atoms with Gasteiger partial charge in [-0.1, -0.05) is 12.8 Å². The fraction of sp³-hybridized carbons (Fsp3) is 0.545. The normalized spacial score (nSPS) is 19.3. The fourth-order valence-corrected chi connectivity index (χ4v) is 4.05. The number of hydrogen-bond acceptors (Lipinski definition) is 5. The van der Waals surface area contributed by atoms with Crippen LogP contribution in [0.5, 0.6) is 0 Å². The zero-order chi connectivity index (χ0) is 20.1. The van der Waals surface area contributed by atoms with Gasteiger partial charge in [0, 0.05) is 51.4 Å². The zero-order valence-electron chi connectivity index (χ0n) is 16.9. The van der Waals surface area contributed by atoms with Gasteiger partial charge in [0.25, 0.3) is 0 Å². The Morgan fingerprint density at radius 2 is 1.59 bits per heavy atom. The highest BCUT2D eigenvalue weighted by Crippen LogP contribution is 2.20. The number of halogens is 1. The molecule has 7 heteroatoms. The van der Waals surface area contributed by atoms with Crippen LogP contribution in [0, 0.1) is 5.82 Å². The number of aromatic nitrogens is 1. The molecule has 0 bridgehead atoms. The molecule has 2 aliphatic rings. The van der Waals surface area contributed by atoms with Crippen molar-refractivity contribution in [2.45, 2.75) is 32.2 Å². The molecule has 2 saturated heterocycles. The summed E-state index contributed by atoms with van der Waals surface area (Å²) in [7, 11) is 0. The molecule has 0 aliphatic carbocycles. The van der Waals surface area contributed by atoms with E-state index in [2.05, 4.69) is 14.8 Å². The van der Waals surface area contributed by atoms with Crippen LogP contribution in [0.4, 0.5) is 4.39 Å². The highest BCUT2D eigenvalue weighted by molar-refractivity contribution is 5.78. The summed E-state index contributed by atoms with van der Waals surface area (Å²) in [6.07, 6.45) is 6.43. The number of piperazine rings is 1. The van der Waals surface area contributed by atoms with E-state index in [-0.39, 0.29) is 11.7 Å². The van der Waals surface area contributed by atoms with Crippen LogP contribution >= 0.6 is 0 Å². The standard InChI is InChI=1S/C22H29FN4O2/c23-19-7-5-18(6-8-19)22-24-20(17-29-22)15-25-11-13-26(14-12-25)16-21(28)27-9-3-1-2-4-10-27/h5-8,17H,1-4,9-16H2. The van der Waals surface area contributed by atoms with Crippen LogP contribution in [0.15, 0.2) is 34.9 Å². The second-order valence-electron chi connectivity index (χ2n) is 8.00. The van der Waals surface area contributed by atoms with Gasteiger partial charge in [0.05, 0.1) is 12.2 Å². The van der Waals surface area contributed by atoms with Gasteiger partial charge in [-0.3, -0.25) is 14.6 Å². The minimum absolute atomic E-state index is 0.271. The molecule has 0 N–H and O–H groups in total. The number of rotatable bonds is 5. The van der Waals surface area contributed by atoms with Crippen molar-refractivity contribution in [2.24, 2.45) is 0 Å². The van der Waals surface area contributed by atoms with E-state index in [9.17, 15) is 9.18 Å². The maximum Gasteiger partial charge on any atom is 0.236 e. The third kappa shape index (κ3) is 5.42. The lowest BCUT2D eigenvalue weighted by molar-refractivity contribution is -0.132. The van der Waals surface area contributed by atoms with Gasteiger partial charge in [-0.25, -0.2) is 9.37 Å². The van der Waals surface area contributed by atoms with Crippen LogP contribution in [0.25, 0.3) is 11.5 Å². The Labute approximate surface area is 171 Å². The van der Waals surface area contributed by atoms with Crippen molar-refractivity contribution < 1.29 is 13.6 Å². The molecule has 2 fully saturated rings. The Kier molecular flexibility index (Phi) is 6.56. The monoisotopic (exact) mass is 400 g/mol. The Morgan fingerprint density at radius 3 is 2.28 bits per heavy atom. The average Bonchev–Trinajstić information content (AvgIpc) is 3.02. The molecule has 29 heavy (non-hydrogen) atoms. The Morgan fingerprint density at radius 1 is 0.931 bits per heavy atom. The molecular formula is C22H29FN4O2. The van der Waals surface area contributed by atoms with Crippen molar-refractivity contribution in [3.63, 3.8) is 0 Å². The van der Waals surface area contributed by atoms with E-state index in [1.807, 2.05) is 4.90 Å². The first-order valence-electron chi connectivity index (χ1n) is 10.6. The van der Waals surface area contributed by atoms with E-state index in [1.54, 1.807) is 18.4 Å². The topological polar surface area (TPSA) is 52.8 Å². The van der Waals surface area contributed by atoms with Crippen molar-refractivity contribution >= 4 is 5.91 Å². The number of amides is 1. The van der Waals surface area contributed by atoms with Gasteiger partial charge in [0.1, 0.15) is 12.1 Å². The highest BCUT2D eigenvalue weighted by atomic mass is 19.1. The maximum absolute atomic E-state index is 13.1. The van der Waals surface area contributed by atoms with Crippen molar-refractivity contribution in [1.29, 1.82) is 0 Å². The zero-order valence-corrected chi connectivity index (χ0v) is 16.9. The number of likely N-dealkylation sites (tertiary alicyclic amines) is 1. The summed E-state index contributed by atoms with van der Waals surface area (Å²) in [4.78, 5) is 23.8. The molecule has 2 aliphatic heterocycles. The van der Waals surface area contributed by atoms with Crippen LogP contribution in [-0.4, -0.2) is 71.4 Å². The molecule has 0 saturated carbocycles. The van der Waals surface area contributed by atoms with E-state index in [1.165, 1.54) is 25.0 Å². The van der Waals surface area contributed by atoms with Crippen molar-refractivity contribution in [2.75, 3.05) is 45.8 Å². The predicted molar refractivity (Wildman–Crippen MR) is 109 cm³/mol. The van der Waals surface area contributed by atoms with Gasteiger partial charge in [0.15, 0.2) is 0 Å². The highest BCUT2D eigenvalue weighted by Gasteiger charge is 2.23. The first-order chi connectivity index (χ1) is 14.2. The number of oxazole rings is 1. The minimum Gasteiger partial charge on any atom is -0.444 e. The van der Waals surface area contributed by atoms with Crippen LogP contribution in [0.1, 0.15) is 31.4 Å². The lowest BCUT2D eigenvalue weighted by Crippen LogP contribution is -2.49. The fourth-order valence-electron chi connectivity index (χ4n) is 4.05. The maximum atomic E-state index is 13.1. The second kappa shape index (κ2) is 9.50. The van der Waals surface area contributed by atoms with Crippen LogP contribution in [0.2, 0.25) is 0 Å². The third-order valence-electron chi connectivity index (χ3n) is 5.81. The molecule has 156 valence electrons. The van der Waals surface area contributed by atoms with Crippen LogP contribution in [-0.2, 0) is 11.3 Å². The predicted octanol–water partition coefficient (Wildman–Crippen LogP) is 3.00. The molecular weight excluding hydrogens is 371 g/mol. The summed E-state index contributed by atoms with van der Waals surface area (Å²) in [6.45, 7) is 6.69. The molecule has 2 aromatic rings. The Hall–Kier alpha value is -2.25. The van der Waals surface area contributed by atoms with Gasteiger partial charge < -0.3 is 9.32 Å². The summed E-state index contributed by atoms with van der Waals surface area (Å²) >= 11 is 0. The number of carbonyl (C=O) groups excluding carboxylic acids is 1. The summed E-state index contributed by atoms with van der Waals surface area (Å²) < 4.78 is 18.6. The van der Waals surface area contributed by atoms with Gasteiger partial charge in [-0.2, -0.15) is 0 Å². The van der Waals surface area contributed by atoms with Crippen LogP contribution < -0.4 is 0 Å². The van der Waals surface area contributed by atoms with Gasteiger partial charge in [-0.15, -0.1) is 0 Å². The molecule has 0 radical (unpaired) electrons. The average molecular weight is 400 g/mol. The molecule has 1 amide bonds. The van der Waals surface area contributed by atoms with E-state index in [0.717, 1.165) is 69.9 Å². The van der Waals surface area contributed by atoms with Crippen molar-refractivity contribution in [1.82, 2.24) is 19.7 Å². The number of nitrogens with zero attached hydrogens (tertiary/aromatic N) is 4. The number of hydrogen-bond donors (Lipinski definition) is 0. The molecule has 0 unspecified atom stereocenters. The van der Waals surface area contributed by atoms with E-state index in [0.29, 0.717) is 12.4 Å². The second-order valence-corrected chi connectivity index (χ2v) is 8.00. The largest absolute Gasteiger partial charge is 0.444 e. The smallest absolute Gasteiger partial charge is 0.236 e. The summed E-state index contributed by atoms with van der Waals surface area (Å²) in [5.74, 6) is 0.523. The van der Waals surface area contributed by atoms with E-state index in [4.69, 9.17) is 4.42 Å². The van der Waals surface area contributed by atoms with Crippen molar-refractivity contribution in [3.05, 3.63) is 42.0 Å². The SMILES string of the molecule is O=C(CN1CCN(Cc2coc(-c3ccc(F)cc3)n2)CC1)N1CCCCCC1. The molecule has 4 rings (SSSR count). The molecule has 0 atom stereocenters. The van der Waals surface area contributed by atoms with Crippen molar-refractivity contribution in [3.8, 4) is 11.5 Å². The Bertz CT molecular complexity index is 791. The summed E-state index contributed by atoms with van der Waals surface area (Å²) in [6, 6.07) is 6.16. The van der Waals surface area contributed by atoms with Crippen LogP contribution in [0.3, 0.4) is 0 Å². The molecule has 0 spiro atoms. The molecule has 6 nitrogen and oxygen atoms in total. The summed E-state index contributed by atoms with van der Waals surface area (Å²) in [5.41, 5.74) is 1.65. The lowest BCUT2D eigenvalue weighted by Gasteiger charge is -2.34. The lowest BCUT2D eigenvalue weighted by atomic mass is 10.2. The molecule has 1 aromatic heterocycles.